The average molecular weight is 433 g/mol. The van der Waals surface area contributed by atoms with Crippen LogP contribution < -0.4 is 15.4 Å². The number of methoxy groups -OCH3 is 1. The van der Waals surface area contributed by atoms with Crippen LogP contribution in [0.1, 0.15) is 31.2 Å². The fraction of sp³-hybridized carbons (Fsp3) is 0.545. The van der Waals surface area contributed by atoms with Crippen molar-refractivity contribution in [3.05, 3.63) is 34.6 Å². The number of aromatic nitrogens is 2. The van der Waals surface area contributed by atoms with E-state index in [0.717, 1.165) is 43.0 Å². The maximum atomic E-state index is 10.0. The molecular weight excluding hydrogens is 404 g/mol. The van der Waals surface area contributed by atoms with Crippen LogP contribution in [-0.4, -0.2) is 54.0 Å². The lowest BCUT2D eigenvalue weighted by Crippen LogP contribution is -2.51. The molecule has 3 heterocycles. The van der Waals surface area contributed by atoms with Crippen LogP contribution in [0.15, 0.2) is 18.2 Å². The Kier molecular flexibility index (Phi) is 5.90. The van der Waals surface area contributed by atoms with Gasteiger partial charge < -0.3 is 25.2 Å². The largest absolute Gasteiger partial charge is 0.495 e. The van der Waals surface area contributed by atoms with E-state index in [1.54, 1.807) is 13.2 Å². The summed E-state index contributed by atoms with van der Waals surface area (Å²) in [7, 11) is 1.58. The van der Waals surface area contributed by atoms with Crippen LogP contribution in [0.2, 0.25) is 5.02 Å². The van der Waals surface area contributed by atoms with Gasteiger partial charge >= 0.3 is 0 Å². The second-order valence-electron chi connectivity index (χ2n) is 8.30. The van der Waals surface area contributed by atoms with Gasteiger partial charge in [-0.05, 0) is 32.8 Å². The molecule has 3 N–H and O–H groups in total. The molecule has 30 heavy (non-hydrogen) atoms. The predicted octanol–water partition coefficient (Wildman–Crippen LogP) is 2.94. The molecule has 162 valence electrons. The standard InChI is InChI=1S/C22H29ClN4O3/c1-13-19(15-5-4-6-17(29-3)18(15)23)26-16(11-28)21(25-13)27-9-7-22(8-10-27)12-30-14(2)20(22)24/h4-6,14,20,28H,7-12,24H2,1-3H3/t14-,20+/m0/s1. The molecule has 2 saturated heterocycles. The minimum atomic E-state index is -0.196. The Bertz CT molecular complexity index is 931. The molecule has 1 aromatic carbocycles. The Morgan fingerprint density at radius 3 is 2.67 bits per heavy atom. The summed E-state index contributed by atoms with van der Waals surface area (Å²) in [4.78, 5) is 11.8. The van der Waals surface area contributed by atoms with E-state index in [2.05, 4.69) is 4.90 Å². The van der Waals surface area contributed by atoms with Gasteiger partial charge in [0.1, 0.15) is 11.4 Å². The lowest BCUT2D eigenvalue weighted by atomic mass is 9.73. The number of hydrogen-bond acceptors (Lipinski definition) is 7. The summed E-state index contributed by atoms with van der Waals surface area (Å²) in [5.74, 6) is 1.31. The number of nitrogens with two attached hydrogens (primary N) is 1. The van der Waals surface area contributed by atoms with Gasteiger partial charge in [-0.25, -0.2) is 9.97 Å². The highest BCUT2D eigenvalue weighted by Gasteiger charge is 2.47. The number of benzene rings is 1. The summed E-state index contributed by atoms with van der Waals surface area (Å²) in [5, 5.41) is 10.5. The van der Waals surface area contributed by atoms with Crippen molar-refractivity contribution < 1.29 is 14.6 Å². The molecule has 4 rings (SSSR count). The van der Waals surface area contributed by atoms with Gasteiger partial charge in [0, 0.05) is 30.1 Å². The van der Waals surface area contributed by atoms with Gasteiger partial charge in [-0.15, -0.1) is 0 Å². The van der Waals surface area contributed by atoms with Gasteiger partial charge in [0.15, 0.2) is 5.82 Å². The lowest BCUT2D eigenvalue weighted by Gasteiger charge is -2.42. The third-order valence-electron chi connectivity index (χ3n) is 6.61. The summed E-state index contributed by atoms with van der Waals surface area (Å²) in [6.45, 7) is 6.10. The Balaban J connectivity index is 1.63. The molecule has 2 aliphatic rings. The van der Waals surface area contributed by atoms with Crippen LogP contribution >= 0.6 is 11.6 Å². The zero-order valence-corrected chi connectivity index (χ0v) is 18.4. The van der Waals surface area contributed by atoms with Crippen LogP contribution in [0.25, 0.3) is 11.3 Å². The molecule has 2 fully saturated rings. The van der Waals surface area contributed by atoms with Gasteiger partial charge in [-0.3, -0.25) is 0 Å². The monoisotopic (exact) mass is 432 g/mol. The summed E-state index contributed by atoms with van der Waals surface area (Å²) >= 11 is 6.50. The zero-order valence-electron chi connectivity index (χ0n) is 17.7. The molecule has 0 aliphatic carbocycles. The highest BCUT2D eigenvalue weighted by molar-refractivity contribution is 6.34. The first kappa shape index (κ1) is 21.3. The van der Waals surface area contributed by atoms with Crippen molar-refractivity contribution in [3.8, 4) is 17.0 Å². The highest BCUT2D eigenvalue weighted by Crippen LogP contribution is 2.42. The van der Waals surface area contributed by atoms with E-state index in [1.807, 2.05) is 26.0 Å². The quantitative estimate of drug-likeness (QED) is 0.767. The second kappa shape index (κ2) is 8.30. The van der Waals surface area contributed by atoms with Crippen LogP contribution in [0.3, 0.4) is 0 Å². The van der Waals surface area contributed by atoms with E-state index in [1.165, 1.54) is 0 Å². The predicted molar refractivity (Wildman–Crippen MR) is 117 cm³/mol. The van der Waals surface area contributed by atoms with E-state index in [4.69, 9.17) is 36.8 Å². The Morgan fingerprint density at radius 2 is 2.07 bits per heavy atom. The summed E-state index contributed by atoms with van der Waals surface area (Å²) in [6.07, 6.45) is 1.97. The summed E-state index contributed by atoms with van der Waals surface area (Å²) in [5.41, 5.74) is 9.17. The number of halogens is 1. The lowest BCUT2D eigenvalue weighted by molar-refractivity contribution is 0.0973. The molecule has 2 atom stereocenters. The van der Waals surface area contributed by atoms with E-state index in [-0.39, 0.29) is 24.2 Å². The molecule has 8 heteroatoms. The van der Waals surface area contributed by atoms with Crippen LogP contribution in [0.4, 0.5) is 5.82 Å². The van der Waals surface area contributed by atoms with Crippen molar-refractivity contribution in [3.63, 3.8) is 0 Å². The maximum Gasteiger partial charge on any atom is 0.153 e. The number of nitrogens with zero attached hydrogens (tertiary/aromatic N) is 3. The van der Waals surface area contributed by atoms with E-state index >= 15 is 0 Å². The first-order chi connectivity index (χ1) is 14.4. The second-order valence-corrected chi connectivity index (χ2v) is 8.68. The van der Waals surface area contributed by atoms with Crippen molar-refractivity contribution in [2.45, 2.75) is 45.4 Å². The highest BCUT2D eigenvalue weighted by atomic mass is 35.5. The van der Waals surface area contributed by atoms with Crippen molar-refractivity contribution >= 4 is 17.4 Å². The number of ether oxygens (including phenoxy) is 2. The Labute approximate surface area is 182 Å². The number of aliphatic hydroxyl groups is 1. The van der Waals surface area contributed by atoms with Gasteiger partial charge in [0.25, 0.3) is 0 Å². The summed E-state index contributed by atoms with van der Waals surface area (Å²) in [6, 6.07) is 5.61. The number of anilines is 1. The summed E-state index contributed by atoms with van der Waals surface area (Å²) < 4.78 is 11.2. The minimum Gasteiger partial charge on any atom is -0.495 e. The fourth-order valence-electron chi connectivity index (χ4n) is 4.64. The molecule has 0 amide bonds. The Hall–Kier alpha value is -1.93. The van der Waals surface area contributed by atoms with Crippen molar-refractivity contribution in [2.75, 3.05) is 31.7 Å². The molecule has 1 spiro atoms. The average Bonchev–Trinajstić information content (AvgIpc) is 3.03. The van der Waals surface area contributed by atoms with Crippen LogP contribution in [0, 0.1) is 12.3 Å². The smallest absolute Gasteiger partial charge is 0.153 e. The van der Waals surface area contributed by atoms with E-state index < -0.39 is 0 Å². The number of piperidine rings is 1. The maximum absolute atomic E-state index is 10.0. The van der Waals surface area contributed by atoms with Crippen molar-refractivity contribution in [1.82, 2.24) is 9.97 Å². The molecule has 0 unspecified atom stereocenters. The number of aryl methyl sites for hydroxylation is 1. The molecule has 7 nitrogen and oxygen atoms in total. The molecule has 2 aliphatic heterocycles. The fourth-order valence-corrected chi connectivity index (χ4v) is 4.94. The third kappa shape index (κ3) is 3.54. The van der Waals surface area contributed by atoms with Gasteiger partial charge in [0.05, 0.1) is 42.8 Å². The Morgan fingerprint density at radius 1 is 1.33 bits per heavy atom. The molecule has 0 bridgehead atoms. The first-order valence-electron chi connectivity index (χ1n) is 10.3. The van der Waals surface area contributed by atoms with Gasteiger partial charge in [0.2, 0.25) is 0 Å². The van der Waals surface area contributed by atoms with Gasteiger partial charge in [-0.1, -0.05) is 23.7 Å². The minimum absolute atomic E-state index is 0.0336. The number of hydrogen-bond donors (Lipinski definition) is 2. The third-order valence-corrected chi connectivity index (χ3v) is 7.00. The van der Waals surface area contributed by atoms with Gasteiger partial charge in [-0.2, -0.15) is 0 Å². The molecule has 0 radical (unpaired) electrons. The topological polar surface area (TPSA) is 93.7 Å². The molecular formula is C22H29ClN4O3. The molecule has 2 aromatic rings. The van der Waals surface area contributed by atoms with Crippen molar-refractivity contribution in [2.24, 2.45) is 11.1 Å². The SMILES string of the molecule is COc1cccc(-c2nc(CO)c(N3CCC4(CC3)CO[C@@H](C)[C@H]4N)nc2C)c1Cl. The molecule has 0 saturated carbocycles. The number of rotatable bonds is 4. The number of aliphatic hydroxyl groups excluding tert-OH is 1. The van der Waals surface area contributed by atoms with Crippen LogP contribution in [-0.2, 0) is 11.3 Å². The zero-order chi connectivity index (χ0) is 21.5. The van der Waals surface area contributed by atoms with E-state index in [9.17, 15) is 5.11 Å². The van der Waals surface area contributed by atoms with E-state index in [0.29, 0.717) is 28.8 Å². The van der Waals surface area contributed by atoms with Crippen molar-refractivity contribution in [1.29, 1.82) is 0 Å². The first-order valence-corrected chi connectivity index (χ1v) is 10.7. The van der Waals surface area contributed by atoms with Crippen LogP contribution in [0.5, 0.6) is 5.75 Å². The molecule has 1 aromatic heterocycles. The normalized spacial score (nSPS) is 23.2.